The number of nitrogens with zero attached hydrogens (tertiary/aromatic N) is 1. The van der Waals surface area contributed by atoms with Crippen molar-refractivity contribution < 1.29 is 9.59 Å². The van der Waals surface area contributed by atoms with Crippen LogP contribution in [0.2, 0.25) is 0 Å². The third-order valence-electron chi connectivity index (χ3n) is 4.47. The van der Waals surface area contributed by atoms with Crippen LogP contribution in [0.3, 0.4) is 0 Å². The van der Waals surface area contributed by atoms with Gasteiger partial charge in [0.05, 0.1) is 5.41 Å². The normalized spacial score (nSPS) is 25.1. The predicted molar refractivity (Wildman–Crippen MR) is 82.3 cm³/mol. The molecule has 1 atom stereocenters. The van der Waals surface area contributed by atoms with Crippen LogP contribution in [0.5, 0.6) is 0 Å². The van der Waals surface area contributed by atoms with Gasteiger partial charge < -0.3 is 15.5 Å². The van der Waals surface area contributed by atoms with Crippen molar-refractivity contribution in [3.05, 3.63) is 22.4 Å². The maximum Gasteiger partial charge on any atom is 0.317 e. The highest BCUT2D eigenvalue weighted by Gasteiger charge is 2.46. The molecule has 2 aliphatic rings. The molecule has 2 fully saturated rings. The molecule has 1 aromatic heterocycles. The topological polar surface area (TPSA) is 61.4 Å². The fourth-order valence-electron chi connectivity index (χ4n) is 3.22. The molecule has 2 saturated heterocycles. The highest BCUT2D eigenvalue weighted by molar-refractivity contribution is 7.09. The molecule has 0 aliphatic carbocycles. The summed E-state index contributed by atoms with van der Waals surface area (Å²) in [6.45, 7) is 2.66. The quantitative estimate of drug-likeness (QED) is 0.891. The minimum absolute atomic E-state index is 0.0400. The summed E-state index contributed by atoms with van der Waals surface area (Å²) in [6, 6.07) is 4.06. The van der Waals surface area contributed by atoms with Crippen molar-refractivity contribution in [2.45, 2.75) is 25.7 Å². The Morgan fingerprint density at radius 2 is 2.38 bits per heavy atom. The maximum absolute atomic E-state index is 12.2. The Bertz CT molecular complexity index is 517. The van der Waals surface area contributed by atoms with Gasteiger partial charge in [-0.05, 0) is 37.1 Å². The zero-order valence-corrected chi connectivity index (χ0v) is 12.9. The molecule has 3 rings (SSSR count). The molecule has 0 saturated carbocycles. The van der Waals surface area contributed by atoms with Gasteiger partial charge in [-0.3, -0.25) is 4.79 Å². The summed E-state index contributed by atoms with van der Waals surface area (Å²) < 4.78 is 0. The third kappa shape index (κ3) is 3.05. The van der Waals surface area contributed by atoms with E-state index < -0.39 is 0 Å². The van der Waals surface area contributed by atoms with E-state index >= 15 is 0 Å². The molecular weight excluding hydrogens is 286 g/mol. The van der Waals surface area contributed by atoms with E-state index in [1.165, 1.54) is 4.88 Å². The Morgan fingerprint density at radius 3 is 3.14 bits per heavy atom. The van der Waals surface area contributed by atoms with Crippen LogP contribution < -0.4 is 10.6 Å². The standard InChI is InChI=1S/C15H21N3O2S/c19-13-15(5-2-7-16-13)6-9-18(11-15)14(20)17-8-4-12-3-1-10-21-12/h1,3,10H,2,4-9,11H2,(H,16,19)(H,17,20)/t15-/m0/s1. The van der Waals surface area contributed by atoms with Crippen LogP contribution in [-0.2, 0) is 11.2 Å². The van der Waals surface area contributed by atoms with Crippen molar-refractivity contribution in [3.63, 3.8) is 0 Å². The highest BCUT2D eigenvalue weighted by atomic mass is 32.1. The summed E-state index contributed by atoms with van der Waals surface area (Å²) in [4.78, 5) is 27.3. The third-order valence-corrected chi connectivity index (χ3v) is 5.40. The van der Waals surface area contributed by atoms with Gasteiger partial charge in [0, 0.05) is 31.1 Å². The Balaban J connectivity index is 1.49. The van der Waals surface area contributed by atoms with Gasteiger partial charge in [-0.2, -0.15) is 0 Å². The fraction of sp³-hybridized carbons (Fsp3) is 0.600. The van der Waals surface area contributed by atoms with Crippen LogP contribution in [-0.4, -0.2) is 43.0 Å². The molecule has 5 nitrogen and oxygen atoms in total. The first-order valence-electron chi connectivity index (χ1n) is 7.53. The average Bonchev–Trinajstić information content (AvgIpc) is 3.13. The van der Waals surface area contributed by atoms with Gasteiger partial charge in [-0.1, -0.05) is 6.07 Å². The van der Waals surface area contributed by atoms with Crippen molar-refractivity contribution in [2.24, 2.45) is 5.41 Å². The number of amides is 3. The summed E-state index contributed by atoms with van der Waals surface area (Å²) >= 11 is 1.71. The zero-order valence-electron chi connectivity index (χ0n) is 12.1. The van der Waals surface area contributed by atoms with E-state index in [9.17, 15) is 9.59 Å². The zero-order chi connectivity index (χ0) is 14.7. The Hall–Kier alpha value is -1.56. The van der Waals surface area contributed by atoms with Crippen LogP contribution in [0.25, 0.3) is 0 Å². The lowest BCUT2D eigenvalue weighted by atomic mass is 9.79. The maximum atomic E-state index is 12.2. The molecule has 21 heavy (non-hydrogen) atoms. The van der Waals surface area contributed by atoms with E-state index in [4.69, 9.17) is 0 Å². The van der Waals surface area contributed by atoms with Crippen LogP contribution in [0, 0.1) is 5.41 Å². The summed E-state index contributed by atoms with van der Waals surface area (Å²) in [6.07, 6.45) is 3.57. The number of piperidine rings is 1. The number of rotatable bonds is 3. The lowest BCUT2D eigenvalue weighted by Crippen LogP contribution is -2.49. The molecule has 0 unspecified atom stereocenters. The fourth-order valence-corrected chi connectivity index (χ4v) is 3.93. The molecule has 0 radical (unpaired) electrons. The second-order valence-electron chi connectivity index (χ2n) is 5.87. The van der Waals surface area contributed by atoms with E-state index in [0.29, 0.717) is 19.6 Å². The molecule has 2 N–H and O–H groups in total. The van der Waals surface area contributed by atoms with Gasteiger partial charge in [0.2, 0.25) is 5.91 Å². The molecule has 3 amide bonds. The first kappa shape index (κ1) is 14.4. The van der Waals surface area contributed by atoms with Crippen LogP contribution in [0.15, 0.2) is 17.5 Å². The molecular formula is C15H21N3O2S. The molecule has 1 aromatic rings. The van der Waals surface area contributed by atoms with Crippen molar-refractivity contribution in [1.82, 2.24) is 15.5 Å². The second-order valence-corrected chi connectivity index (χ2v) is 6.90. The van der Waals surface area contributed by atoms with E-state index in [1.807, 2.05) is 11.4 Å². The summed E-state index contributed by atoms with van der Waals surface area (Å²) in [5.41, 5.74) is -0.330. The Kier molecular flexibility index (Phi) is 4.14. The van der Waals surface area contributed by atoms with Crippen molar-refractivity contribution in [3.8, 4) is 0 Å². The van der Waals surface area contributed by atoms with Gasteiger partial charge in [0.25, 0.3) is 0 Å². The largest absolute Gasteiger partial charge is 0.356 e. The summed E-state index contributed by atoms with van der Waals surface area (Å²) in [5.74, 6) is 0.127. The number of likely N-dealkylation sites (tertiary alicyclic amines) is 1. The first-order chi connectivity index (χ1) is 10.2. The van der Waals surface area contributed by atoms with Crippen LogP contribution >= 0.6 is 11.3 Å². The Morgan fingerprint density at radius 1 is 1.48 bits per heavy atom. The Labute approximate surface area is 128 Å². The van der Waals surface area contributed by atoms with Crippen LogP contribution in [0.4, 0.5) is 4.79 Å². The number of carbonyl (C=O) groups excluding carboxylic acids is 2. The molecule has 114 valence electrons. The van der Waals surface area contributed by atoms with E-state index in [-0.39, 0.29) is 17.4 Å². The SMILES string of the molecule is O=C(NCCc1cccs1)N1CC[C@@]2(CCCNC2=O)C1. The van der Waals surface area contributed by atoms with E-state index in [0.717, 1.165) is 32.2 Å². The second kappa shape index (κ2) is 6.05. The number of nitrogens with one attached hydrogen (secondary N) is 2. The molecule has 6 heteroatoms. The molecule has 1 spiro atoms. The smallest absolute Gasteiger partial charge is 0.317 e. The van der Waals surface area contributed by atoms with Gasteiger partial charge in [-0.25, -0.2) is 4.79 Å². The lowest BCUT2D eigenvalue weighted by molar-refractivity contribution is -0.132. The number of hydrogen-bond donors (Lipinski definition) is 2. The molecule has 3 heterocycles. The number of urea groups is 1. The first-order valence-corrected chi connectivity index (χ1v) is 8.41. The minimum atomic E-state index is -0.330. The van der Waals surface area contributed by atoms with Gasteiger partial charge in [0.15, 0.2) is 0 Å². The molecule has 0 aromatic carbocycles. The minimum Gasteiger partial charge on any atom is -0.356 e. The van der Waals surface area contributed by atoms with E-state index in [1.54, 1.807) is 16.2 Å². The monoisotopic (exact) mass is 307 g/mol. The average molecular weight is 307 g/mol. The highest BCUT2D eigenvalue weighted by Crippen LogP contribution is 2.37. The number of thiophene rings is 1. The molecule has 2 aliphatic heterocycles. The summed E-state index contributed by atoms with van der Waals surface area (Å²) in [7, 11) is 0. The number of carbonyl (C=O) groups is 2. The van der Waals surface area contributed by atoms with Gasteiger partial charge in [0.1, 0.15) is 0 Å². The van der Waals surface area contributed by atoms with Gasteiger partial charge >= 0.3 is 6.03 Å². The lowest BCUT2D eigenvalue weighted by Gasteiger charge is -2.32. The van der Waals surface area contributed by atoms with Crippen molar-refractivity contribution >= 4 is 23.3 Å². The number of hydrogen-bond acceptors (Lipinski definition) is 3. The molecule has 0 bridgehead atoms. The van der Waals surface area contributed by atoms with Crippen molar-refractivity contribution in [2.75, 3.05) is 26.2 Å². The van der Waals surface area contributed by atoms with E-state index in [2.05, 4.69) is 16.7 Å². The predicted octanol–water partition coefficient (Wildman–Crippen LogP) is 1.60. The van der Waals surface area contributed by atoms with Gasteiger partial charge in [-0.15, -0.1) is 11.3 Å². The van der Waals surface area contributed by atoms with Crippen molar-refractivity contribution in [1.29, 1.82) is 0 Å². The summed E-state index contributed by atoms with van der Waals surface area (Å²) in [5, 5.41) is 7.95. The van der Waals surface area contributed by atoms with Crippen LogP contribution in [0.1, 0.15) is 24.1 Å².